The zero-order valence-electron chi connectivity index (χ0n) is 30.0. The molecule has 1 unspecified atom stereocenters. The van der Waals surface area contributed by atoms with Crippen molar-refractivity contribution in [3.05, 3.63) is 59.3 Å². The van der Waals surface area contributed by atoms with Gasteiger partial charge in [0.25, 0.3) is 0 Å². The Morgan fingerprint density at radius 3 is 2.21 bits per heavy atom. The molecule has 0 N–H and O–H groups in total. The van der Waals surface area contributed by atoms with Crippen LogP contribution in [-0.2, 0) is 41.5 Å². The quantitative estimate of drug-likeness (QED) is 0.211. The second-order valence-electron chi connectivity index (χ2n) is 15.4. The summed E-state index contributed by atoms with van der Waals surface area (Å²) in [5.41, 5.74) is -1.45. The van der Waals surface area contributed by atoms with E-state index in [9.17, 15) is 19.2 Å². The number of ether oxygens (including phenoxy) is 4. The summed E-state index contributed by atoms with van der Waals surface area (Å²) in [5, 5.41) is 0. The molecular weight excluding hydrogens is 614 g/mol. The van der Waals surface area contributed by atoms with E-state index in [0.29, 0.717) is 30.8 Å². The number of benzene rings is 1. The molecule has 2 amide bonds. The van der Waals surface area contributed by atoms with Gasteiger partial charge in [0.15, 0.2) is 0 Å². The molecule has 0 saturated carbocycles. The van der Waals surface area contributed by atoms with Crippen LogP contribution in [0.2, 0.25) is 0 Å². The average Bonchev–Trinajstić information content (AvgIpc) is 3.36. The fourth-order valence-corrected chi connectivity index (χ4v) is 6.08. The van der Waals surface area contributed by atoms with Crippen molar-refractivity contribution in [2.75, 3.05) is 18.0 Å². The summed E-state index contributed by atoms with van der Waals surface area (Å²) in [6, 6.07) is 13.3. The second-order valence-corrected chi connectivity index (χ2v) is 15.4. The van der Waals surface area contributed by atoms with E-state index in [1.807, 2.05) is 77.1 Å². The van der Waals surface area contributed by atoms with Crippen LogP contribution in [0.25, 0.3) is 0 Å². The van der Waals surface area contributed by atoms with Gasteiger partial charge < -0.3 is 23.8 Å². The van der Waals surface area contributed by atoms with Gasteiger partial charge in [-0.2, -0.15) is 0 Å². The first-order valence-electron chi connectivity index (χ1n) is 16.7. The Bertz CT molecular complexity index is 1510. The molecule has 0 bridgehead atoms. The lowest BCUT2D eigenvalue weighted by Crippen LogP contribution is -2.69. The summed E-state index contributed by atoms with van der Waals surface area (Å²) in [7, 11) is 0. The van der Waals surface area contributed by atoms with Crippen LogP contribution in [0.1, 0.15) is 92.0 Å². The highest BCUT2D eigenvalue weighted by Gasteiger charge is 2.69. The predicted octanol–water partition coefficient (Wildman–Crippen LogP) is 6.77. The maximum absolute atomic E-state index is 13.8. The molecule has 2 aromatic rings. The maximum atomic E-state index is 13.8. The molecule has 2 aliphatic rings. The van der Waals surface area contributed by atoms with E-state index < -0.39 is 52.4 Å². The normalized spacial score (nSPS) is 22.0. The van der Waals surface area contributed by atoms with Crippen molar-refractivity contribution in [2.45, 2.75) is 118 Å². The number of aromatic nitrogens is 1. The number of anilines is 1. The summed E-state index contributed by atoms with van der Waals surface area (Å²) in [4.78, 5) is 60.8. The zero-order chi connectivity index (χ0) is 35.7. The largest absolute Gasteiger partial charge is 0.457 e. The molecule has 0 radical (unpaired) electrons. The molecule has 3 heterocycles. The Labute approximate surface area is 284 Å². The van der Waals surface area contributed by atoms with Crippen LogP contribution in [0, 0.1) is 18.3 Å². The topological polar surface area (TPSA) is 125 Å². The van der Waals surface area contributed by atoms with E-state index in [2.05, 4.69) is 0 Å². The van der Waals surface area contributed by atoms with Gasteiger partial charge in [-0.25, -0.2) is 19.4 Å². The van der Waals surface area contributed by atoms with Gasteiger partial charge in [-0.05, 0) is 98.4 Å². The van der Waals surface area contributed by atoms with Gasteiger partial charge in [-0.15, -0.1) is 0 Å². The molecule has 2 saturated heterocycles. The molecular formula is C37H51N3O8. The van der Waals surface area contributed by atoms with Crippen LogP contribution < -0.4 is 4.90 Å². The van der Waals surface area contributed by atoms with Crippen LogP contribution >= 0.6 is 0 Å². The van der Waals surface area contributed by atoms with E-state index >= 15 is 0 Å². The number of carbonyl (C=O) groups is 4. The highest BCUT2D eigenvalue weighted by atomic mass is 16.6. The van der Waals surface area contributed by atoms with Gasteiger partial charge in [0.2, 0.25) is 5.60 Å². The number of hydrogen-bond donors (Lipinski definition) is 0. The van der Waals surface area contributed by atoms with Gasteiger partial charge in [0.1, 0.15) is 28.5 Å². The van der Waals surface area contributed by atoms with Crippen LogP contribution in [-0.4, -0.2) is 70.0 Å². The first-order chi connectivity index (χ1) is 22.2. The highest BCUT2D eigenvalue weighted by Crippen LogP contribution is 2.50. The number of hydrogen-bond acceptors (Lipinski definition) is 9. The number of nitrogens with zero attached hydrogens (tertiary/aromatic N) is 3. The van der Waals surface area contributed by atoms with E-state index in [1.54, 1.807) is 34.6 Å². The average molecular weight is 666 g/mol. The number of likely N-dealkylation sites (tertiary alicyclic amines) is 1. The van der Waals surface area contributed by atoms with E-state index in [4.69, 9.17) is 23.9 Å². The Hall–Kier alpha value is -4.15. The summed E-state index contributed by atoms with van der Waals surface area (Å²) in [5.74, 6) is -1.01. The molecule has 2 fully saturated rings. The molecule has 48 heavy (non-hydrogen) atoms. The summed E-state index contributed by atoms with van der Waals surface area (Å²) in [6.45, 7) is 18.7. The molecule has 4 rings (SSSR count). The number of amides is 2. The number of rotatable bonds is 9. The van der Waals surface area contributed by atoms with Crippen molar-refractivity contribution in [2.24, 2.45) is 11.3 Å². The molecule has 1 aromatic carbocycles. The molecule has 2 aliphatic heterocycles. The van der Waals surface area contributed by atoms with Crippen molar-refractivity contribution in [1.29, 1.82) is 0 Å². The van der Waals surface area contributed by atoms with Crippen molar-refractivity contribution in [1.82, 2.24) is 9.88 Å². The summed E-state index contributed by atoms with van der Waals surface area (Å²) < 4.78 is 23.1. The zero-order valence-corrected chi connectivity index (χ0v) is 30.0. The van der Waals surface area contributed by atoms with Crippen LogP contribution in [0.5, 0.6) is 0 Å². The predicted molar refractivity (Wildman–Crippen MR) is 180 cm³/mol. The van der Waals surface area contributed by atoms with Gasteiger partial charge in [0.05, 0.1) is 13.1 Å². The fraction of sp³-hybridized carbons (Fsp3) is 0.595. The van der Waals surface area contributed by atoms with Crippen LogP contribution in [0.4, 0.5) is 15.4 Å². The maximum Gasteiger partial charge on any atom is 0.416 e. The van der Waals surface area contributed by atoms with Gasteiger partial charge in [0, 0.05) is 18.2 Å². The third-order valence-electron chi connectivity index (χ3n) is 8.56. The Balaban J connectivity index is 1.65. The molecule has 0 spiro atoms. The number of pyridine rings is 1. The molecule has 3 atom stereocenters. The highest BCUT2D eigenvalue weighted by molar-refractivity contribution is 5.98. The number of esters is 2. The van der Waals surface area contributed by atoms with Gasteiger partial charge in [-0.3, -0.25) is 9.69 Å². The van der Waals surface area contributed by atoms with Crippen molar-refractivity contribution in [3.63, 3.8) is 0 Å². The second kappa shape index (κ2) is 13.8. The van der Waals surface area contributed by atoms with Gasteiger partial charge in [-0.1, -0.05) is 43.7 Å². The van der Waals surface area contributed by atoms with Crippen molar-refractivity contribution >= 4 is 29.9 Å². The Morgan fingerprint density at radius 2 is 1.65 bits per heavy atom. The number of cyclic esters (lactones) is 1. The minimum Gasteiger partial charge on any atom is -0.457 e. The van der Waals surface area contributed by atoms with Gasteiger partial charge >= 0.3 is 24.1 Å². The SMILES string of the molecule is CCCC1(C(=O)O[C@@H]2CN(C(=O)OC(C)(C)C)C[C@@H]2Cc2cc(C)cc(N(Cc3ccccc3)C(=O)OC(C)(C)C)n2)OC(=O)C1(C)C. The lowest BCUT2D eigenvalue weighted by atomic mass is 9.67. The van der Waals surface area contributed by atoms with Crippen LogP contribution in [0.3, 0.4) is 0 Å². The molecule has 1 aromatic heterocycles. The minimum absolute atomic E-state index is 0.110. The summed E-state index contributed by atoms with van der Waals surface area (Å²) in [6.07, 6.45) is -0.492. The Morgan fingerprint density at radius 1 is 1.00 bits per heavy atom. The first-order valence-corrected chi connectivity index (χ1v) is 16.7. The first kappa shape index (κ1) is 36.7. The van der Waals surface area contributed by atoms with Crippen molar-refractivity contribution < 1.29 is 38.1 Å². The molecule has 11 heteroatoms. The lowest BCUT2D eigenvalue weighted by molar-refractivity contribution is -0.247. The van der Waals surface area contributed by atoms with Crippen LogP contribution in [0.15, 0.2) is 42.5 Å². The third-order valence-corrected chi connectivity index (χ3v) is 8.56. The smallest absolute Gasteiger partial charge is 0.416 e. The lowest BCUT2D eigenvalue weighted by Gasteiger charge is -2.51. The molecule has 262 valence electrons. The monoisotopic (exact) mass is 665 g/mol. The van der Waals surface area contributed by atoms with E-state index in [1.165, 1.54) is 9.80 Å². The number of aryl methyl sites for hydroxylation is 1. The number of carbonyl (C=O) groups excluding carboxylic acids is 4. The molecule has 0 aliphatic carbocycles. The molecule has 11 nitrogen and oxygen atoms in total. The van der Waals surface area contributed by atoms with Crippen molar-refractivity contribution in [3.8, 4) is 0 Å². The fourth-order valence-electron chi connectivity index (χ4n) is 6.08. The van der Waals surface area contributed by atoms with E-state index in [-0.39, 0.29) is 25.6 Å². The van der Waals surface area contributed by atoms with E-state index in [0.717, 1.165) is 11.1 Å². The standard InChI is InChI=1S/C37H51N3O8/c1-11-17-37(36(9,10)30(41)46-37)31(42)45-28-23-39(32(43)47-34(3,4)5)22-26(28)20-27-18-24(2)19-29(38-27)40(33(44)48-35(6,7)8)21-25-15-13-12-14-16-25/h12-16,18-19,26,28H,11,17,20-23H2,1-10H3/t26-,28+,37?/m0/s1. The Kier molecular flexibility index (Phi) is 10.5. The minimum atomic E-state index is -1.40. The third kappa shape index (κ3) is 8.28. The summed E-state index contributed by atoms with van der Waals surface area (Å²) >= 11 is 0.